The lowest BCUT2D eigenvalue weighted by atomic mass is 9.93. The molecule has 0 fully saturated rings. The van der Waals surface area contributed by atoms with E-state index >= 15 is 0 Å². The second kappa shape index (κ2) is 4.97. The van der Waals surface area contributed by atoms with Crippen LogP contribution in [0.1, 0.15) is 30.4 Å². The molecule has 1 aliphatic rings. The zero-order valence-electron chi connectivity index (χ0n) is 11.3. The SMILES string of the molecule is CC(=CCC1c2ccccc2-c2ccccc21)C(=O)O. The molecule has 1 N–H and O–H groups in total. The maximum Gasteiger partial charge on any atom is 0.330 e. The summed E-state index contributed by atoms with van der Waals surface area (Å²) in [5, 5.41) is 8.98. The Kier molecular flexibility index (Phi) is 3.15. The Morgan fingerprint density at radius 1 is 1.05 bits per heavy atom. The van der Waals surface area contributed by atoms with Gasteiger partial charge in [0.2, 0.25) is 0 Å². The molecular weight excluding hydrogens is 248 g/mol. The number of carboxylic acid groups (broad SMARTS) is 1. The van der Waals surface area contributed by atoms with E-state index in [0.717, 1.165) is 6.42 Å². The van der Waals surface area contributed by atoms with Crippen molar-refractivity contribution in [3.8, 4) is 11.1 Å². The van der Waals surface area contributed by atoms with Crippen LogP contribution in [0.3, 0.4) is 0 Å². The molecule has 0 saturated carbocycles. The highest BCUT2D eigenvalue weighted by Gasteiger charge is 2.26. The van der Waals surface area contributed by atoms with Gasteiger partial charge in [0, 0.05) is 11.5 Å². The van der Waals surface area contributed by atoms with Crippen LogP contribution in [0.4, 0.5) is 0 Å². The van der Waals surface area contributed by atoms with Crippen LogP contribution in [0.25, 0.3) is 11.1 Å². The van der Waals surface area contributed by atoms with Gasteiger partial charge in [-0.3, -0.25) is 0 Å². The molecule has 0 heterocycles. The third-order valence-electron chi connectivity index (χ3n) is 3.96. The monoisotopic (exact) mass is 264 g/mol. The lowest BCUT2D eigenvalue weighted by Gasteiger charge is -2.11. The van der Waals surface area contributed by atoms with Gasteiger partial charge in [-0.25, -0.2) is 4.79 Å². The molecule has 0 aliphatic heterocycles. The molecular formula is C18H16O2. The molecule has 0 spiro atoms. The highest BCUT2D eigenvalue weighted by Crippen LogP contribution is 2.46. The molecule has 20 heavy (non-hydrogen) atoms. The van der Waals surface area contributed by atoms with Gasteiger partial charge in [0.25, 0.3) is 0 Å². The van der Waals surface area contributed by atoms with Crippen molar-refractivity contribution in [2.75, 3.05) is 0 Å². The maximum absolute atomic E-state index is 10.9. The molecule has 1 aliphatic carbocycles. The van der Waals surface area contributed by atoms with Crippen LogP contribution in [0.15, 0.2) is 60.2 Å². The van der Waals surface area contributed by atoms with Gasteiger partial charge in [0.05, 0.1) is 0 Å². The second-order valence-corrected chi connectivity index (χ2v) is 5.16. The number of hydrogen-bond donors (Lipinski definition) is 1. The van der Waals surface area contributed by atoms with Crippen molar-refractivity contribution in [2.24, 2.45) is 0 Å². The zero-order chi connectivity index (χ0) is 14.1. The maximum atomic E-state index is 10.9. The van der Waals surface area contributed by atoms with Crippen molar-refractivity contribution < 1.29 is 9.90 Å². The first-order valence-corrected chi connectivity index (χ1v) is 6.76. The topological polar surface area (TPSA) is 37.3 Å². The number of carbonyl (C=O) groups is 1. The molecule has 0 atom stereocenters. The molecule has 3 rings (SSSR count). The molecule has 0 aromatic heterocycles. The Morgan fingerprint density at radius 3 is 2.05 bits per heavy atom. The molecule has 100 valence electrons. The van der Waals surface area contributed by atoms with Crippen LogP contribution >= 0.6 is 0 Å². The van der Waals surface area contributed by atoms with Gasteiger partial charge in [-0.15, -0.1) is 0 Å². The standard InChI is InChI=1S/C18H16O2/c1-12(18(19)20)10-11-17-15-8-4-2-6-13(15)14-7-3-5-9-16(14)17/h2-10,17H,11H2,1H3,(H,19,20). The largest absolute Gasteiger partial charge is 0.478 e. The molecule has 0 radical (unpaired) electrons. The van der Waals surface area contributed by atoms with Crippen molar-refractivity contribution in [2.45, 2.75) is 19.3 Å². The smallest absolute Gasteiger partial charge is 0.330 e. The lowest BCUT2D eigenvalue weighted by molar-refractivity contribution is -0.132. The fourth-order valence-corrected chi connectivity index (χ4v) is 2.90. The Morgan fingerprint density at radius 2 is 1.55 bits per heavy atom. The van der Waals surface area contributed by atoms with E-state index in [-0.39, 0.29) is 5.92 Å². The Hall–Kier alpha value is -2.35. The Labute approximate surface area is 118 Å². The van der Waals surface area contributed by atoms with Crippen LogP contribution in [0.2, 0.25) is 0 Å². The minimum Gasteiger partial charge on any atom is -0.478 e. The fourth-order valence-electron chi connectivity index (χ4n) is 2.90. The van der Waals surface area contributed by atoms with Crippen LogP contribution in [-0.2, 0) is 4.79 Å². The number of fused-ring (bicyclic) bond motifs is 3. The van der Waals surface area contributed by atoms with Crippen LogP contribution in [0.5, 0.6) is 0 Å². The highest BCUT2D eigenvalue weighted by molar-refractivity contribution is 5.86. The summed E-state index contributed by atoms with van der Waals surface area (Å²) in [6, 6.07) is 16.8. The van der Waals surface area contributed by atoms with E-state index in [1.807, 2.05) is 18.2 Å². The number of rotatable bonds is 3. The van der Waals surface area contributed by atoms with E-state index < -0.39 is 5.97 Å². The summed E-state index contributed by atoms with van der Waals surface area (Å²) in [6.07, 6.45) is 2.55. The summed E-state index contributed by atoms with van der Waals surface area (Å²) < 4.78 is 0. The molecule has 0 amide bonds. The predicted molar refractivity (Wildman–Crippen MR) is 79.7 cm³/mol. The van der Waals surface area contributed by atoms with E-state index in [9.17, 15) is 4.79 Å². The van der Waals surface area contributed by atoms with Gasteiger partial charge in [0.15, 0.2) is 0 Å². The van der Waals surface area contributed by atoms with Crippen LogP contribution in [-0.4, -0.2) is 11.1 Å². The van der Waals surface area contributed by atoms with Crippen LogP contribution < -0.4 is 0 Å². The first-order chi connectivity index (χ1) is 9.68. The number of aliphatic carboxylic acids is 1. The second-order valence-electron chi connectivity index (χ2n) is 5.16. The number of carboxylic acids is 1. The zero-order valence-corrected chi connectivity index (χ0v) is 11.3. The third-order valence-corrected chi connectivity index (χ3v) is 3.96. The van der Waals surface area contributed by atoms with Crippen molar-refractivity contribution in [1.29, 1.82) is 0 Å². The normalized spacial score (nSPS) is 13.9. The summed E-state index contributed by atoms with van der Waals surface area (Å²) in [5.41, 5.74) is 5.54. The van der Waals surface area contributed by atoms with E-state index in [1.54, 1.807) is 6.92 Å². The van der Waals surface area contributed by atoms with Crippen LogP contribution in [0, 0.1) is 0 Å². The summed E-state index contributed by atoms with van der Waals surface area (Å²) in [7, 11) is 0. The minimum absolute atomic E-state index is 0.261. The van der Waals surface area contributed by atoms with Crippen molar-refractivity contribution in [3.63, 3.8) is 0 Å². The number of allylic oxidation sites excluding steroid dienone is 1. The quantitative estimate of drug-likeness (QED) is 0.843. The summed E-state index contributed by atoms with van der Waals surface area (Å²) in [5.74, 6) is -0.582. The fraction of sp³-hybridized carbons (Fsp3) is 0.167. The first-order valence-electron chi connectivity index (χ1n) is 6.76. The van der Waals surface area contributed by atoms with Gasteiger partial charge in [-0.2, -0.15) is 0 Å². The minimum atomic E-state index is -0.843. The van der Waals surface area contributed by atoms with Gasteiger partial charge < -0.3 is 5.11 Å². The van der Waals surface area contributed by atoms with E-state index in [0.29, 0.717) is 5.57 Å². The van der Waals surface area contributed by atoms with E-state index in [4.69, 9.17) is 5.11 Å². The highest BCUT2D eigenvalue weighted by atomic mass is 16.4. The first kappa shape index (κ1) is 12.7. The average molecular weight is 264 g/mol. The van der Waals surface area contributed by atoms with Gasteiger partial charge in [-0.1, -0.05) is 54.6 Å². The molecule has 0 unspecified atom stereocenters. The molecule has 0 bridgehead atoms. The lowest BCUT2D eigenvalue weighted by Crippen LogP contribution is -1.99. The third kappa shape index (κ3) is 2.03. The van der Waals surface area contributed by atoms with E-state index in [1.165, 1.54) is 22.3 Å². The Bertz CT molecular complexity index is 653. The number of benzene rings is 2. The molecule has 0 saturated heterocycles. The average Bonchev–Trinajstić information content (AvgIpc) is 2.79. The van der Waals surface area contributed by atoms with E-state index in [2.05, 4.69) is 36.4 Å². The Balaban J connectivity index is 2.03. The summed E-state index contributed by atoms with van der Waals surface area (Å²) in [6.45, 7) is 1.65. The van der Waals surface area contributed by atoms with Gasteiger partial charge in [0.1, 0.15) is 0 Å². The predicted octanol–water partition coefficient (Wildman–Crippen LogP) is 4.22. The van der Waals surface area contributed by atoms with Crippen molar-refractivity contribution >= 4 is 5.97 Å². The molecule has 2 aromatic rings. The van der Waals surface area contributed by atoms with Crippen molar-refractivity contribution in [3.05, 3.63) is 71.3 Å². The van der Waals surface area contributed by atoms with Gasteiger partial charge >= 0.3 is 5.97 Å². The number of hydrogen-bond acceptors (Lipinski definition) is 1. The van der Waals surface area contributed by atoms with Crippen molar-refractivity contribution in [1.82, 2.24) is 0 Å². The summed E-state index contributed by atoms with van der Waals surface area (Å²) >= 11 is 0. The van der Waals surface area contributed by atoms with Gasteiger partial charge in [-0.05, 0) is 35.6 Å². The molecule has 2 nitrogen and oxygen atoms in total. The molecule has 2 heteroatoms. The summed E-state index contributed by atoms with van der Waals surface area (Å²) in [4.78, 5) is 10.9. The molecule has 2 aromatic carbocycles.